The second-order valence-electron chi connectivity index (χ2n) is 14.3. The zero-order valence-electron chi connectivity index (χ0n) is 28.1. The molecule has 2 aromatic rings. The summed E-state index contributed by atoms with van der Waals surface area (Å²) in [5.41, 5.74) is 4.93. The molecule has 46 heavy (non-hydrogen) atoms. The van der Waals surface area contributed by atoms with Gasteiger partial charge in [0.1, 0.15) is 17.7 Å². The summed E-state index contributed by atoms with van der Waals surface area (Å²) < 4.78 is 5.41. The predicted molar refractivity (Wildman–Crippen MR) is 176 cm³/mol. The molecule has 12 heteroatoms. The van der Waals surface area contributed by atoms with Crippen LogP contribution in [0.4, 0.5) is 10.5 Å². The van der Waals surface area contributed by atoms with Gasteiger partial charge in [-0.25, -0.2) is 4.79 Å². The van der Waals surface area contributed by atoms with Gasteiger partial charge in [0.05, 0.1) is 24.5 Å². The molecule has 0 spiro atoms. The number of nitrogens with one attached hydrogen (secondary N) is 2. The molecule has 0 bridgehead atoms. The van der Waals surface area contributed by atoms with Crippen LogP contribution in [0.1, 0.15) is 54.9 Å². The van der Waals surface area contributed by atoms with Gasteiger partial charge >= 0.3 is 6.09 Å². The van der Waals surface area contributed by atoms with E-state index in [4.69, 9.17) is 10.5 Å². The van der Waals surface area contributed by atoms with Crippen LogP contribution in [-0.2, 0) is 23.9 Å². The minimum Gasteiger partial charge on any atom is -0.444 e. The fraction of sp³-hybridized carbons (Fsp3) is 0.559. The van der Waals surface area contributed by atoms with Crippen molar-refractivity contribution < 1.29 is 28.7 Å². The molecule has 2 saturated heterocycles. The third-order valence-corrected chi connectivity index (χ3v) is 8.83. The zero-order valence-corrected chi connectivity index (χ0v) is 28.1. The first-order valence-electron chi connectivity index (χ1n) is 15.8. The number of amides is 5. The van der Waals surface area contributed by atoms with Gasteiger partial charge in [-0.2, -0.15) is 0 Å². The molecule has 2 aliphatic rings. The summed E-state index contributed by atoms with van der Waals surface area (Å²) in [6.45, 7) is 12.5. The van der Waals surface area contributed by atoms with Gasteiger partial charge < -0.3 is 30.9 Å². The first-order chi connectivity index (χ1) is 21.4. The highest BCUT2D eigenvalue weighted by Gasteiger charge is 2.55. The van der Waals surface area contributed by atoms with Gasteiger partial charge in [-0.3, -0.25) is 24.1 Å². The topological polar surface area (TPSA) is 154 Å². The third kappa shape index (κ3) is 7.27. The number of nitrogens with zero attached hydrogens (tertiary/aromatic N) is 3. The molecule has 5 amide bonds. The van der Waals surface area contributed by atoms with Crippen molar-refractivity contribution in [1.82, 2.24) is 20.0 Å². The summed E-state index contributed by atoms with van der Waals surface area (Å²) in [6, 6.07) is 10.5. The summed E-state index contributed by atoms with van der Waals surface area (Å²) in [5.74, 6) is -2.19. The first kappa shape index (κ1) is 34.7. The van der Waals surface area contributed by atoms with Crippen molar-refractivity contribution in [3.05, 3.63) is 42.5 Å². The second-order valence-corrected chi connectivity index (χ2v) is 14.3. The Morgan fingerprint density at radius 1 is 1.00 bits per heavy atom. The van der Waals surface area contributed by atoms with Crippen molar-refractivity contribution in [2.24, 2.45) is 17.1 Å². The predicted octanol–water partition coefficient (Wildman–Crippen LogP) is 2.95. The van der Waals surface area contributed by atoms with Gasteiger partial charge in [-0.05, 0) is 51.0 Å². The summed E-state index contributed by atoms with van der Waals surface area (Å²) >= 11 is 0. The van der Waals surface area contributed by atoms with Gasteiger partial charge in [-0.15, -0.1) is 0 Å². The average molecular weight is 637 g/mol. The molecule has 2 aliphatic heterocycles. The van der Waals surface area contributed by atoms with Crippen LogP contribution in [0.25, 0.3) is 10.8 Å². The maximum absolute atomic E-state index is 14.4. The van der Waals surface area contributed by atoms with Crippen LogP contribution in [0.2, 0.25) is 0 Å². The highest BCUT2D eigenvalue weighted by Crippen LogP contribution is 2.38. The lowest BCUT2D eigenvalue weighted by atomic mass is 9.85. The maximum atomic E-state index is 14.4. The van der Waals surface area contributed by atoms with Crippen molar-refractivity contribution in [2.45, 2.75) is 84.7 Å². The molecular formula is C34H48N6O6. The van der Waals surface area contributed by atoms with E-state index in [1.807, 2.05) is 63.2 Å². The Hall–Kier alpha value is -4.19. The summed E-state index contributed by atoms with van der Waals surface area (Å²) in [5, 5.41) is 7.79. The van der Waals surface area contributed by atoms with Crippen molar-refractivity contribution in [3.8, 4) is 0 Å². The highest BCUT2D eigenvalue weighted by atomic mass is 16.6. The number of fused-ring (bicyclic) bond motifs is 2. The molecule has 5 atom stereocenters. The standard InChI is InChI=1S/C34H48N6O6/c1-20(38(8)32(45)46-34(5,6)7)29(42)37-28(33(2,3)4)31(44)39-17-16-25-27(39)23(19-40(25)26(41)18-35)30(43)36-24-15-11-13-21-12-9-10-14-22(21)24/h9-15,20,23,25,27-28H,16-19,35H2,1-8H3,(H,36,43)(H,37,42)/t20-,23-,25+,27+,28?/m0/s1. The monoisotopic (exact) mass is 636 g/mol. The molecule has 1 unspecified atom stereocenters. The number of hydrogen-bond donors (Lipinski definition) is 3. The first-order valence-corrected chi connectivity index (χ1v) is 15.8. The van der Waals surface area contributed by atoms with E-state index < -0.39 is 53.1 Å². The number of likely N-dealkylation sites (N-methyl/N-ethyl adjacent to an activating group) is 1. The molecule has 12 nitrogen and oxygen atoms in total. The van der Waals surface area contributed by atoms with E-state index >= 15 is 0 Å². The largest absolute Gasteiger partial charge is 0.444 e. The van der Waals surface area contributed by atoms with Crippen LogP contribution >= 0.6 is 0 Å². The summed E-state index contributed by atoms with van der Waals surface area (Å²) in [4.78, 5) is 71.8. The lowest BCUT2D eigenvalue weighted by Gasteiger charge is -2.37. The fourth-order valence-corrected chi connectivity index (χ4v) is 6.28. The normalized spacial score (nSPS) is 20.9. The Balaban J connectivity index is 1.59. The molecule has 0 radical (unpaired) electrons. The van der Waals surface area contributed by atoms with E-state index in [9.17, 15) is 24.0 Å². The maximum Gasteiger partial charge on any atom is 0.410 e. The fourth-order valence-electron chi connectivity index (χ4n) is 6.28. The van der Waals surface area contributed by atoms with Crippen molar-refractivity contribution in [1.29, 1.82) is 0 Å². The van der Waals surface area contributed by atoms with Crippen LogP contribution < -0.4 is 16.4 Å². The van der Waals surface area contributed by atoms with Gasteiger partial charge in [0.2, 0.25) is 23.6 Å². The van der Waals surface area contributed by atoms with Gasteiger partial charge in [0.15, 0.2) is 0 Å². The molecule has 4 rings (SSSR count). The van der Waals surface area contributed by atoms with E-state index in [-0.39, 0.29) is 30.8 Å². The average Bonchev–Trinajstić information content (AvgIpc) is 3.58. The highest BCUT2D eigenvalue weighted by molar-refractivity contribution is 6.03. The van der Waals surface area contributed by atoms with E-state index in [2.05, 4.69) is 10.6 Å². The van der Waals surface area contributed by atoms with E-state index in [0.29, 0.717) is 18.7 Å². The van der Waals surface area contributed by atoms with Crippen LogP contribution in [0.3, 0.4) is 0 Å². The zero-order chi connectivity index (χ0) is 34.1. The molecule has 4 N–H and O–H groups in total. The summed E-state index contributed by atoms with van der Waals surface area (Å²) in [7, 11) is 1.47. The van der Waals surface area contributed by atoms with E-state index in [1.54, 1.807) is 37.5 Å². The van der Waals surface area contributed by atoms with Crippen LogP contribution in [0.5, 0.6) is 0 Å². The molecular weight excluding hydrogens is 588 g/mol. The number of likely N-dealkylation sites (tertiary alicyclic amines) is 2. The van der Waals surface area contributed by atoms with Crippen molar-refractivity contribution in [3.63, 3.8) is 0 Å². The Morgan fingerprint density at radius 3 is 2.28 bits per heavy atom. The number of rotatable bonds is 7. The third-order valence-electron chi connectivity index (χ3n) is 8.83. The molecule has 250 valence electrons. The smallest absolute Gasteiger partial charge is 0.410 e. The molecule has 0 saturated carbocycles. The van der Waals surface area contributed by atoms with E-state index in [1.165, 1.54) is 11.9 Å². The lowest BCUT2D eigenvalue weighted by molar-refractivity contribution is -0.142. The van der Waals surface area contributed by atoms with Gasteiger partial charge in [0.25, 0.3) is 0 Å². The number of benzene rings is 2. The quantitative estimate of drug-likeness (QED) is 0.422. The molecule has 0 aliphatic carbocycles. The van der Waals surface area contributed by atoms with Crippen LogP contribution in [0.15, 0.2) is 42.5 Å². The molecule has 2 aromatic carbocycles. The molecule has 0 aromatic heterocycles. The SMILES string of the molecule is C[C@@H](C(=O)NC(C(=O)N1CC[C@@H]2[C@H]1[C@@H](C(=O)Nc1cccc3ccccc13)CN2C(=O)CN)C(C)(C)C)N(C)C(=O)OC(C)(C)C. The molecule has 2 fully saturated rings. The molecule has 2 heterocycles. The Kier molecular flexibility index (Phi) is 10.0. The number of carbonyl (C=O) groups excluding carboxylic acids is 5. The van der Waals surface area contributed by atoms with Gasteiger partial charge in [-0.1, -0.05) is 57.2 Å². The van der Waals surface area contributed by atoms with Crippen LogP contribution in [0, 0.1) is 11.3 Å². The van der Waals surface area contributed by atoms with Crippen molar-refractivity contribution in [2.75, 3.05) is 32.0 Å². The Bertz CT molecular complexity index is 1490. The van der Waals surface area contributed by atoms with Crippen LogP contribution in [-0.4, -0.2) is 101 Å². The lowest BCUT2D eigenvalue weighted by Crippen LogP contribution is -2.60. The second kappa shape index (κ2) is 13.3. The summed E-state index contributed by atoms with van der Waals surface area (Å²) in [6.07, 6.45) is -0.185. The minimum atomic E-state index is -0.978. The number of anilines is 1. The number of carbonyl (C=O) groups is 5. The number of nitrogens with two attached hydrogens (primary N) is 1. The number of ether oxygens (including phenoxy) is 1. The number of hydrogen-bond acceptors (Lipinski definition) is 7. The Morgan fingerprint density at radius 2 is 1.65 bits per heavy atom. The van der Waals surface area contributed by atoms with Crippen molar-refractivity contribution >= 4 is 46.2 Å². The van der Waals surface area contributed by atoms with E-state index in [0.717, 1.165) is 10.8 Å². The Labute approximate surface area is 271 Å². The van der Waals surface area contributed by atoms with Gasteiger partial charge in [0, 0.05) is 31.2 Å². The minimum absolute atomic E-state index is 0.121.